The molecule has 0 fully saturated rings. The van der Waals surface area contributed by atoms with Crippen LogP contribution in [0.25, 0.3) is 5.57 Å². The Hall–Kier alpha value is -2.15. The highest BCUT2D eigenvalue weighted by Crippen LogP contribution is 2.36. The molecule has 0 saturated carbocycles. The van der Waals surface area contributed by atoms with Crippen molar-refractivity contribution in [3.8, 4) is 0 Å². The molecule has 0 aliphatic heterocycles. The Bertz CT molecular complexity index is 782. The molecule has 0 heterocycles. The average Bonchev–Trinajstić information content (AvgIpc) is 2.81. The van der Waals surface area contributed by atoms with Crippen LogP contribution >= 0.6 is 0 Å². The van der Waals surface area contributed by atoms with Crippen LogP contribution in [-0.2, 0) is 0 Å². The first-order chi connectivity index (χ1) is 11.6. The summed E-state index contributed by atoms with van der Waals surface area (Å²) in [5.74, 6) is 0.788. The van der Waals surface area contributed by atoms with E-state index < -0.39 is 0 Å². The molecule has 1 nitrogen and oxygen atoms in total. The summed E-state index contributed by atoms with van der Waals surface area (Å²) in [5, 5.41) is 0. The molecule has 0 amide bonds. The van der Waals surface area contributed by atoms with Gasteiger partial charge in [-0.05, 0) is 86.3 Å². The van der Waals surface area contributed by atoms with Gasteiger partial charge in [-0.2, -0.15) is 0 Å². The topological polar surface area (TPSA) is 17.1 Å². The molecular formula is C23H26O. The van der Waals surface area contributed by atoms with Gasteiger partial charge < -0.3 is 0 Å². The van der Waals surface area contributed by atoms with Crippen molar-refractivity contribution in [2.24, 2.45) is 0 Å². The van der Waals surface area contributed by atoms with Crippen molar-refractivity contribution in [1.82, 2.24) is 0 Å². The van der Waals surface area contributed by atoms with E-state index >= 15 is 0 Å². The van der Waals surface area contributed by atoms with E-state index in [2.05, 4.69) is 50.3 Å². The van der Waals surface area contributed by atoms with Crippen LogP contribution in [0.1, 0.15) is 71.1 Å². The largest absolute Gasteiger partial charge is 0.295 e. The smallest absolute Gasteiger partial charge is 0.159 e. The summed E-state index contributed by atoms with van der Waals surface area (Å²) < 4.78 is 0. The number of allylic oxidation sites excluding steroid dienone is 2. The third-order valence-electron chi connectivity index (χ3n) is 5.28. The van der Waals surface area contributed by atoms with Gasteiger partial charge in [0.2, 0.25) is 0 Å². The van der Waals surface area contributed by atoms with E-state index in [0.717, 1.165) is 18.4 Å². The Morgan fingerprint density at radius 1 is 1.00 bits per heavy atom. The molecule has 3 rings (SSSR count). The highest BCUT2D eigenvalue weighted by Gasteiger charge is 2.18. The van der Waals surface area contributed by atoms with Gasteiger partial charge in [-0.25, -0.2) is 0 Å². The Kier molecular flexibility index (Phi) is 4.99. The van der Waals surface area contributed by atoms with Crippen molar-refractivity contribution >= 4 is 11.4 Å². The fourth-order valence-electron chi connectivity index (χ4n) is 3.88. The van der Waals surface area contributed by atoms with Crippen molar-refractivity contribution in [3.63, 3.8) is 0 Å². The zero-order chi connectivity index (χ0) is 17.1. The van der Waals surface area contributed by atoms with Gasteiger partial charge in [0.05, 0.1) is 0 Å². The second kappa shape index (κ2) is 7.17. The summed E-state index contributed by atoms with van der Waals surface area (Å²) >= 11 is 0. The Morgan fingerprint density at radius 2 is 1.79 bits per heavy atom. The molecule has 1 unspecified atom stereocenters. The predicted molar refractivity (Wildman–Crippen MR) is 102 cm³/mol. The van der Waals surface area contributed by atoms with Crippen molar-refractivity contribution in [3.05, 3.63) is 76.4 Å². The molecule has 0 spiro atoms. The molecule has 0 N–H and O–H groups in total. The van der Waals surface area contributed by atoms with E-state index in [1.54, 1.807) is 6.92 Å². The van der Waals surface area contributed by atoms with Gasteiger partial charge >= 0.3 is 0 Å². The van der Waals surface area contributed by atoms with E-state index in [0.29, 0.717) is 5.92 Å². The van der Waals surface area contributed by atoms with Crippen LogP contribution in [0.2, 0.25) is 0 Å². The lowest BCUT2D eigenvalue weighted by Crippen LogP contribution is -2.00. The Balaban J connectivity index is 1.79. The molecule has 1 heteroatoms. The van der Waals surface area contributed by atoms with Crippen LogP contribution < -0.4 is 0 Å². The molecule has 24 heavy (non-hydrogen) atoms. The summed E-state index contributed by atoms with van der Waals surface area (Å²) in [6.45, 7) is 5.97. The molecule has 0 aromatic heterocycles. The van der Waals surface area contributed by atoms with Gasteiger partial charge in [-0.3, -0.25) is 4.79 Å². The highest BCUT2D eigenvalue weighted by atomic mass is 16.1. The van der Waals surface area contributed by atoms with Crippen molar-refractivity contribution in [2.75, 3.05) is 0 Å². The van der Waals surface area contributed by atoms with Gasteiger partial charge in [-0.15, -0.1) is 0 Å². The first-order valence-corrected chi connectivity index (χ1v) is 8.93. The van der Waals surface area contributed by atoms with E-state index in [1.165, 1.54) is 40.7 Å². The monoisotopic (exact) mass is 318 g/mol. The van der Waals surface area contributed by atoms with Crippen LogP contribution in [0.4, 0.5) is 0 Å². The van der Waals surface area contributed by atoms with Gasteiger partial charge in [0, 0.05) is 5.56 Å². The van der Waals surface area contributed by atoms with Gasteiger partial charge in [0.1, 0.15) is 0 Å². The number of aryl methyl sites for hydroxylation is 2. The SMILES string of the molecule is CC(=O)c1ccc(C2=CCCC(c3ccccc3C)CC2)c(C)c1. The normalized spacial score (nSPS) is 18.0. The maximum absolute atomic E-state index is 11.6. The Labute approximate surface area is 145 Å². The van der Waals surface area contributed by atoms with Crippen LogP contribution in [0.15, 0.2) is 48.5 Å². The maximum atomic E-state index is 11.6. The predicted octanol–water partition coefficient (Wildman–Crippen LogP) is 6.25. The first kappa shape index (κ1) is 16.7. The molecular weight excluding hydrogens is 292 g/mol. The van der Waals surface area contributed by atoms with Crippen LogP contribution in [0.3, 0.4) is 0 Å². The van der Waals surface area contributed by atoms with Crippen LogP contribution in [-0.4, -0.2) is 5.78 Å². The van der Waals surface area contributed by atoms with E-state index in [4.69, 9.17) is 0 Å². The molecule has 2 aromatic rings. The molecule has 1 aliphatic rings. The minimum absolute atomic E-state index is 0.138. The molecule has 0 radical (unpaired) electrons. The zero-order valence-corrected chi connectivity index (χ0v) is 14.9. The molecule has 1 aliphatic carbocycles. The third-order valence-corrected chi connectivity index (χ3v) is 5.28. The van der Waals surface area contributed by atoms with Gasteiger partial charge in [0.15, 0.2) is 5.78 Å². The lowest BCUT2D eigenvalue weighted by atomic mass is 9.87. The standard InChI is InChI=1S/C23H26O/c1-16-7-4-5-10-22(16)19-8-6-9-20(12-11-19)23-14-13-21(18(3)24)15-17(23)2/h4-5,7,9-10,13-15,19H,6,8,11-12H2,1-3H3. The quantitative estimate of drug-likeness (QED) is 0.611. The van der Waals surface area contributed by atoms with Gasteiger partial charge in [-0.1, -0.05) is 42.5 Å². The summed E-state index contributed by atoms with van der Waals surface area (Å²) in [7, 11) is 0. The van der Waals surface area contributed by atoms with E-state index in [-0.39, 0.29) is 5.78 Å². The summed E-state index contributed by atoms with van der Waals surface area (Å²) in [6, 6.07) is 14.9. The lowest BCUT2D eigenvalue weighted by molar-refractivity contribution is 0.101. The van der Waals surface area contributed by atoms with Gasteiger partial charge in [0.25, 0.3) is 0 Å². The Morgan fingerprint density at radius 3 is 2.50 bits per heavy atom. The third kappa shape index (κ3) is 3.51. The number of benzene rings is 2. The number of Topliss-reactive ketones (excluding diaryl/α,β-unsaturated/α-hetero) is 1. The number of ketones is 1. The highest BCUT2D eigenvalue weighted by molar-refractivity contribution is 5.94. The molecule has 0 saturated heterocycles. The maximum Gasteiger partial charge on any atom is 0.159 e. The average molecular weight is 318 g/mol. The second-order valence-electron chi connectivity index (χ2n) is 6.98. The minimum Gasteiger partial charge on any atom is -0.295 e. The van der Waals surface area contributed by atoms with Crippen LogP contribution in [0, 0.1) is 13.8 Å². The van der Waals surface area contributed by atoms with Crippen molar-refractivity contribution < 1.29 is 4.79 Å². The minimum atomic E-state index is 0.138. The molecule has 124 valence electrons. The molecule has 1 atom stereocenters. The zero-order valence-electron chi connectivity index (χ0n) is 14.9. The number of hydrogen-bond acceptors (Lipinski definition) is 1. The van der Waals surface area contributed by atoms with E-state index in [9.17, 15) is 4.79 Å². The molecule has 2 aromatic carbocycles. The lowest BCUT2D eigenvalue weighted by Gasteiger charge is -2.17. The molecule has 0 bridgehead atoms. The fraction of sp³-hybridized carbons (Fsp3) is 0.348. The van der Waals surface area contributed by atoms with E-state index in [1.807, 2.05) is 12.1 Å². The first-order valence-electron chi connectivity index (χ1n) is 8.93. The van der Waals surface area contributed by atoms with Crippen LogP contribution in [0.5, 0.6) is 0 Å². The van der Waals surface area contributed by atoms with Crippen molar-refractivity contribution in [1.29, 1.82) is 0 Å². The number of carbonyl (C=O) groups is 1. The number of hydrogen-bond donors (Lipinski definition) is 0. The fourth-order valence-corrected chi connectivity index (χ4v) is 3.88. The number of rotatable bonds is 3. The summed E-state index contributed by atoms with van der Waals surface area (Å²) in [4.78, 5) is 11.6. The second-order valence-corrected chi connectivity index (χ2v) is 6.98. The summed E-state index contributed by atoms with van der Waals surface area (Å²) in [6.07, 6.45) is 7.07. The number of carbonyl (C=O) groups excluding carboxylic acids is 1. The summed E-state index contributed by atoms with van der Waals surface area (Å²) in [5.41, 5.74) is 7.69. The van der Waals surface area contributed by atoms with Crippen molar-refractivity contribution in [2.45, 2.75) is 52.4 Å².